The number of alkyl halides is 6. The number of rotatable bonds is 6. The van der Waals surface area contributed by atoms with Gasteiger partial charge < -0.3 is 9.47 Å². The van der Waals surface area contributed by atoms with Gasteiger partial charge in [-0.3, -0.25) is 10.1 Å². The number of thiophene rings is 2. The van der Waals surface area contributed by atoms with E-state index in [0.717, 1.165) is 46.9 Å². The van der Waals surface area contributed by atoms with Crippen molar-refractivity contribution in [3.05, 3.63) is 104 Å². The summed E-state index contributed by atoms with van der Waals surface area (Å²) >= 11 is 1.83. The molecule has 2 heterocycles. The summed E-state index contributed by atoms with van der Waals surface area (Å²) in [5.41, 5.74) is -4.30. The van der Waals surface area contributed by atoms with Gasteiger partial charge in [-0.05, 0) is 38.1 Å². The van der Waals surface area contributed by atoms with Crippen molar-refractivity contribution in [1.82, 2.24) is 0 Å². The van der Waals surface area contributed by atoms with E-state index in [4.69, 9.17) is 9.47 Å². The van der Waals surface area contributed by atoms with Crippen molar-refractivity contribution < 1.29 is 45.5 Å². The van der Waals surface area contributed by atoms with Crippen molar-refractivity contribution in [3.63, 3.8) is 0 Å². The minimum Gasteiger partial charge on any atom is -0.425 e. The molecule has 45 heavy (non-hydrogen) atoms. The van der Waals surface area contributed by atoms with Crippen molar-refractivity contribution in [2.75, 3.05) is 0 Å². The molecule has 14 heteroatoms. The number of halogens is 6. The smallest absolute Gasteiger partial charge is 0.425 e. The average Bonchev–Trinajstić information content (AvgIpc) is 3.55. The zero-order valence-corrected chi connectivity index (χ0v) is 24.7. The summed E-state index contributed by atoms with van der Waals surface area (Å²) in [5, 5.41) is 11.0. The van der Waals surface area contributed by atoms with Crippen molar-refractivity contribution in [1.29, 1.82) is 0 Å². The number of non-ortho nitro benzene ring substituents is 1. The van der Waals surface area contributed by atoms with Crippen molar-refractivity contribution >= 4 is 65.8 Å². The number of aryl methyl sites for hydroxylation is 1. The second-order valence-corrected chi connectivity index (χ2v) is 12.5. The summed E-state index contributed by atoms with van der Waals surface area (Å²) in [6.07, 6.45) is -2.78. The van der Waals surface area contributed by atoms with Crippen molar-refractivity contribution in [2.45, 2.75) is 37.7 Å². The normalized spacial score (nSPS) is 17.5. The Labute approximate surface area is 258 Å². The second-order valence-electron chi connectivity index (χ2n) is 10.2. The molecule has 0 fully saturated rings. The van der Waals surface area contributed by atoms with Crippen LogP contribution in [0.3, 0.4) is 0 Å². The number of hydrogen-bond donors (Lipinski definition) is 0. The summed E-state index contributed by atoms with van der Waals surface area (Å²) in [6, 6.07) is 16.4. The molecule has 6 rings (SSSR count). The molecule has 0 aliphatic heterocycles. The number of nitrogens with zero attached hydrogens (tertiary/aromatic N) is 1. The molecule has 0 radical (unpaired) electrons. The van der Waals surface area contributed by atoms with Crippen LogP contribution < -0.4 is 4.74 Å². The van der Waals surface area contributed by atoms with Gasteiger partial charge in [0, 0.05) is 59.5 Å². The van der Waals surface area contributed by atoms with E-state index in [1.165, 1.54) is 44.2 Å². The number of allylic oxidation sites excluding steroid dienone is 2. The first-order chi connectivity index (χ1) is 21.2. The molecule has 6 nitrogen and oxygen atoms in total. The number of fused-ring (bicyclic) bond motifs is 2. The maximum Gasteiger partial charge on any atom is 0.514 e. The van der Waals surface area contributed by atoms with Crippen LogP contribution in [0, 0.1) is 17.0 Å². The number of nitro benzene ring substituents is 1. The molecule has 5 aromatic rings. The van der Waals surface area contributed by atoms with Crippen molar-refractivity contribution in [3.8, 4) is 5.75 Å². The Hall–Kier alpha value is -4.43. The molecule has 0 saturated heterocycles. The summed E-state index contributed by atoms with van der Waals surface area (Å²) in [5.74, 6) is -16.5. The van der Waals surface area contributed by atoms with E-state index in [1.807, 2.05) is 0 Å². The van der Waals surface area contributed by atoms with Gasteiger partial charge in [-0.15, -0.1) is 22.7 Å². The highest BCUT2D eigenvalue weighted by Gasteiger charge is 2.80. The highest BCUT2D eigenvalue weighted by atomic mass is 32.1. The Balaban J connectivity index is 1.53. The summed E-state index contributed by atoms with van der Waals surface area (Å²) in [6.45, 7) is 2.67. The lowest BCUT2D eigenvalue weighted by atomic mass is 9.91. The van der Waals surface area contributed by atoms with Gasteiger partial charge in [-0.25, -0.2) is 4.79 Å². The van der Waals surface area contributed by atoms with Gasteiger partial charge in [-0.2, -0.15) is 26.3 Å². The highest BCUT2D eigenvalue weighted by molar-refractivity contribution is 7.19. The number of ether oxygens (including phenoxy) is 2. The molecule has 2 aromatic heterocycles. The molecule has 0 N–H and O–H groups in total. The van der Waals surface area contributed by atoms with Gasteiger partial charge in [0.05, 0.1) is 9.80 Å². The Morgan fingerprint density at radius 1 is 0.800 bits per heavy atom. The summed E-state index contributed by atoms with van der Waals surface area (Å²) in [7, 11) is 0. The first-order valence-corrected chi connectivity index (χ1v) is 14.8. The van der Waals surface area contributed by atoms with Crippen LogP contribution in [0.25, 0.3) is 31.3 Å². The first-order valence-electron chi connectivity index (χ1n) is 13.2. The fourth-order valence-corrected chi connectivity index (χ4v) is 7.69. The Bertz CT molecular complexity index is 2030. The van der Waals surface area contributed by atoms with E-state index < -0.39 is 57.2 Å². The molecule has 0 saturated carbocycles. The first kappa shape index (κ1) is 30.6. The maximum absolute atomic E-state index is 16.0. The van der Waals surface area contributed by atoms with Crippen LogP contribution in [0.4, 0.5) is 36.8 Å². The lowest BCUT2D eigenvalue weighted by molar-refractivity contribution is -0.384. The minimum atomic E-state index is -5.79. The Kier molecular flexibility index (Phi) is 7.20. The molecule has 0 spiro atoms. The van der Waals surface area contributed by atoms with Crippen LogP contribution in [-0.4, -0.2) is 28.8 Å². The van der Waals surface area contributed by atoms with Crippen LogP contribution in [-0.2, 0) is 4.74 Å². The number of hydrogen-bond acceptors (Lipinski definition) is 7. The quantitative estimate of drug-likeness (QED) is 0.0594. The topological polar surface area (TPSA) is 78.7 Å². The van der Waals surface area contributed by atoms with Crippen LogP contribution >= 0.6 is 22.7 Å². The molecule has 0 unspecified atom stereocenters. The fourth-order valence-electron chi connectivity index (χ4n) is 5.43. The third-order valence-corrected chi connectivity index (χ3v) is 9.87. The predicted octanol–water partition coefficient (Wildman–Crippen LogP) is 10.4. The predicted molar refractivity (Wildman–Crippen MR) is 159 cm³/mol. The largest absolute Gasteiger partial charge is 0.514 e. The van der Waals surface area contributed by atoms with Crippen molar-refractivity contribution in [2.24, 2.45) is 0 Å². The van der Waals surface area contributed by atoms with Gasteiger partial charge >= 0.3 is 23.9 Å². The standard InChI is InChI=1S/C31H19F6NO5S2/c1-15(42-28(39)43-18-13-11-17(12-14-18)38(40)41)27-24(20-8-4-6-10-22(20)45-27)26-25(29(32,33)31(36,37)30(26,34)35)23-16(2)44-21-9-5-3-7-19(21)23/h3-15H,1-2H3/t15-/m0/s1. The molecule has 1 aliphatic carbocycles. The van der Waals surface area contributed by atoms with Crippen LogP contribution in [0.2, 0.25) is 0 Å². The number of carbonyl (C=O) groups excluding carboxylic acids is 1. The van der Waals surface area contributed by atoms with Crippen LogP contribution in [0.15, 0.2) is 72.8 Å². The summed E-state index contributed by atoms with van der Waals surface area (Å²) < 4.78 is 105. The Morgan fingerprint density at radius 2 is 1.31 bits per heavy atom. The molecule has 1 atom stereocenters. The second kappa shape index (κ2) is 10.6. The highest BCUT2D eigenvalue weighted by Crippen LogP contribution is 2.67. The van der Waals surface area contributed by atoms with Gasteiger partial charge in [0.1, 0.15) is 11.9 Å². The van der Waals surface area contributed by atoms with Gasteiger partial charge in [0.25, 0.3) is 5.69 Å². The van der Waals surface area contributed by atoms with E-state index in [9.17, 15) is 14.9 Å². The zero-order chi connectivity index (χ0) is 32.5. The number of carbonyl (C=O) groups is 1. The molecule has 1 aliphatic rings. The Morgan fingerprint density at radius 3 is 1.89 bits per heavy atom. The number of benzene rings is 3. The zero-order valence-electron chi connectivity index (χ0n) is 23.1. The molecule has 0 bridgehead atoms. The van der Waals surface area contributed by atoms with Gasteiger partial charge in [0.2, 0.25) is 0 Å². The van der Waals surface area contributed by atoms with E-state index >= 15 is 26.3 Å². The van der Waals surface area contributed by atoms with Crippen LogP contribution in [0.5, 0.6) is 5.75 Å². The third-order valence-electron chi connectivity index (χ3n) is 7.45. The fraction of sp³-hybridized carbons (Fsp3) is 0.194. The molecular formula is C31H19F6NO5S2. The lowest BCUT2D eigenvalue weighted by Crippen LogP contribution is -2.49. The average molecular weight is 664 g/mol. The monoisotopic (exact) mass is 663 g/mol. The lowest BCUT2D eigenvalue weighted by Gasteiger charge is -2.26. The molecular weight excluding hydrogens is 644 g/mol. The van der Waals surface area contributed by atoms with E-state index in [0.29, 0.717) is 9.40 Å². The maximum atomic E-state index is 16.0. The molecule has 0 amide bonds. The van der Waals surface area contributed by atoms with Crippen LogP contribution in [0.1, 0.15) is 33.9 Å². The minimum absolute atomic E-state index is 0.00505. The molecule has 232 valence electrons. The van der Waals surface area contributed by atoms with Gasteiger partial charge in [-0.1, -0.05) is 36.4 Å². The SMILES string of the molecule is Cc1sc2ccccc2c1C1=C(c2c([C@H](C)OC(=O)Oc3ccc([N+](=O)[O-])cc3)sc3ccccc23)C(F)(F)C(F)(F)C1(F)F. The third kappa shape index (κ3) is 4.65. The van der Waals surface area contributed by atoms with E-state index in [1.54, 1.807) is 18.2 Å². The van der Waals surface area contributed by atoms with E-state index in [2.05, 4.69) is 0 Å². The molecule has 3 aromatic carbocycles. The number of nitro groups is 1. The van der Waals surface area contributed by atoms with Gasteiger partial charge in [0.15, 0.2) is 0 Å². The summed E-state index contributed by atoms with van der Waals surface area (Å²) in [4.78, 5) is 22.8. The van der Waals surface area contributed by atoms with E-state index in [-0.39, 0.29) is 32.0 Å².